The molecule has 0 bridgehead atoms. The molecule has 0 atom stereocenters. The Morgan fingerprint density at radius 2 is 1.76 bits per heavy atom. The summed E-state index contributed by atoms with van der Waals surface area (Å²) in [4.78, 5) is 0.320. The van der Waals surface area contributed by atoms with Crippen LogP contribution in [0.4, 0.5) is 5.69 Å². The van der Waals surface area contributed by atoms with Crippen LogP contribution in [0.2, 0.25) is 0 Å². The smallest absolute Gasteiger partial charge is 0.243 e. The molecule has 0 aliphatic carbocycles. The minimum Gasteiger partial charge on any atom is -0.469 e. The number of hydrogen-bond acceptors (Lipinski definition) is 4. The molecule has 2 N–H and O–H groups in total. The van der Waals surface area contributed by atoms with Gasteiger partial charge >= 0.3 is 0 Å². The van der Waals surface area contributed by atoms with E-state index in [4.69, 9.17) is 10.2 Å². The van der Waals surface area contributed by atoms with E-state index in [2.05, 4.69) is 0 Å². The van der Waals surface area contributed by atoms with Gasteiger partial charge < -0.3 is 10.2 Å². The summed E-state index contributed by atoms with van der Waals surface area (Å²) in [5, 5.41) is 0. The molecule has 0 amide bonds. The first kappa shape index (κ1) is 15.6. The molecule has 0 aliphatic heterocycles. The second kappa shape index (κ2) is 5.54. The minimum atomic E-state index is -3.57. The number of nitrogens with two attached hydrogens (primary N) is 1. The second-order valence-corrected chi connectivity index (χ2v) is 7.23. The maximum absolute atomic E-state index is 12.8. The molecule has 114 valence electrons. The van der Waals surface area contributed by atoms with E-state index < -0.39 is 10.0 Å². The molecule has 0 unspecified atom stereocenters. The van der Waals surface area contributed by atoms with Gasteiger partial charge in [-0.1, -0.05) is 0 Å². The van der Waals surface area contributed by atoms with Gasteiger partial charge in [-0.3, -0.25) is 0 Å². The van der Waals surface area contributed by atoms with E-state index >= 15 is 0 Å². The van der Waals surface area contributed by atoms with Gasteiger partial charge in [0.25, 0.3) is 0 Å². The fraction of sp³-hybridized carbons (Fsp3) is 0.333. The van der Waals surface area contributed by atoms with Crippen molar-refractivity contribution in [3.63, 3.8) is 0 Å². The summed E-state index contributed by atoms with van der Waals surface area (Å²) in [5.74, 6) is 0.725. The lowest BCUT2D eigenvalue weighted by Crippen LogP contribution is -2.28. The lowest BCUT2D eigenvalue weighted by atomic mass is 10.1. The van der Waals surface area contributed by atoms with E-state index in [1.54, 1.807) is 45.4 Å². The molecule has 0 saturated heterocycles. The summed E-state index contributed by atoms with van der Waals surface area (Å²) in [6.45, 7) is 5.60. The Kier molecular flexibility index (Phi) is 4.11. The molecule has 0 fully saturated rings. The van der Waals surface area contributed by atoms with Gasteiger partial charge in [0.05, 0.1) is 11.2 Å². The summed E-state index contributed by atoms with van der Waals surface area (Å²) in [7, 11) is -2.01. The molecule has 0 radical (unpaired) electrons. The summed E-state index contributed by atoms with van der Waals surface area (Å²) < 4.78 is 32.1. The normalized spacial score (nSPS) is 12.0. The molecular weight excluding hydrogens is 288 g/mol. The monoisotopic (exact) mass is 308 g/mol. The molecule has 2 aromatic rings. The largest absolute Gasteiger partial charge is 0.469 e. The highest BCUT2D eigenvalue weighted by Gasteiger charge is 2.25. The van der Waals surface area contributed by atoms with Crippen LogP contribution < -0.4 is 5.73 Å². The SMILES string of the molecule is Cc1cc(N)cc(C)c1S(=O)(=O)N(C)Cc1ccoc1C. The molecule has 1 aromatic heterocycles. The van der Waals surface area contributed by atoms with Gasteiger partial charge in [0.15, 0.2) is 0 Å². The first-order valence-electron chi connectivity index (χ1n) is 6.59. The fourth-order valence-corrected chi connectivity index (χ4v) is 4.00. The lowest BCUT2D eigenvalue weighted by Gasteiger charge is -2.20. The van der Waals surface area contributed by atoms with Gasteiger partial charge in [0.2, 0.25) is 10.0 Å². The predicted octanol–water partition coefficient (Wildman–Crippen LogP) is 2.61. The van der Waals surface area contributed by atoms with Crippen molar-refractivity contribution in [2.24, 2.45) is 0 Å². The van der Waals surface area contributed by atoms with E-state index in [9.17, 15) is 8.42 Å². The number of anilines is 1. The number of aryl methyl sites for hydroxylation is 3. The van der Waals surface area contributed by atoms with Gasteiger partial charge in [0, 0.05) is 24.8 Å². The Balaban J connectivity index is 2.40. The van der Waals surface area contributed by atoms with Crippen molar-refractivity contribution in [2.45, 2.75) is 32.2 Å². The second-order valence-electron chi connectivity index (χ2n) is 5.25. The van der Waals surface area contributed by atoms with Gasteiger partial charge in [-0.25, -0.2) is 8.42 Å². The molecule has 21 heavy (non-hydrogen) atoms. The van der Waals surface area contributed by atoms with Crippen molar-refractivity contribution in [1.29, 1.82) is 0 Å². The van der Waals surface area contributed by atoms with Crippen molar-refractivity contribution in [3.05, 3.63) is 46.9 Å². The first-order valence-corrected chi connectivity index (χ1v) is 8.03. The molecule has 0 spiro atoms. The molecular formula is C15H20N2O3S. The minimum absolute atomic E-state index is 0.272. The fourth-order valence-electron chi connectivity index (χ4n) is 2.45. The highest BCUT2D eigenvalue weighted by atomic mass is 32.2. The maximum Gasteiger partial charge on any atom is 0.243 e. The number of sulfonamides is 1. The lowest BCUT2D eigenvalue weighted by molar-refractivity contribution is 0.458. The molecule has 0 aliphatic rings. The van der Waals surface area contributed by atoms with Crippen LogP contribution in [0, 0.1) is 20.8 Å². The maximum atomic E-state index is 12.8. The average molecular weight is 308 g/mol. The number of hydrogen-bond donors (Lipinski definition) is 1. The Labute approximate surface area is 125 Å². The topological polar surface area (TPSA) is 76.5 Å². The third-order valence-corrected chi connectivity index (χ3v) is 5.62. The third-order valence-electron chi connectivity index (χ3n) is 3.51. The van der Waals surface area contributed by atoms with Gasteiger partial charge in [0.1, 0.15) is 5.76 Å². The van der Waals surface area contributed by atoms with Crippen LogP contribution in [0.15, 0.2) is 33.8 Å². The van der Waals surface area contributed by atoms with E-state index in [-0.39, 0.29) is 6.54 Å². The van der Waals surface area contributed by atoms with Gasteiger partial charge in [-0.05, 0) is 50.1 Å². The summed E-state index contributed by atoms with van der Waals surface area (Å²) >= 11 is 0. The number of nitrogen functional groups attached to an aromatic ring is 1. The number of furan rings is 1. The van der Waals surface area contributed by atoms with E-state index in [1.165, 1.54) is 4.31 Å². The van der Waals surface area contributed by atoms with Crippen molar-refractivity contribution >= 4 is 15.7 Å². The Hall–Kier alpha value is -1.79. The number of rotatable bonds is 4. The van der Waals surface area contributed by atoms with Gasteiger partial charge in [-0.2, -0.15) is 4.31 Å². The van der Waals surface area contributed by atoms with Crippen LogP contribution in [0.1, 0.15) is 22.5 Å². The molecule has 2 rings (SSSR count). The standard InChI is InChI=1S/C15H20N2O3S/c1-10-7-14(16)8-11(2)15(10)21(18,19)17(4)9-13-5-6-20-12(13)3/h5-8H,9,16H2,1-4H3. The van der Waals surface area contributed by atoms with Gasteiger partial charge in [-0.15, -0.1) is 0 Å². The zero-order valence-electron chi connectivity index (χ0n) is 12.7. The van der Waals surface area contributed by atoms with Crippen LogP contribution >= 0.6 is 0 Å². The Morgan fingerprint density at radius 1 is 1.19 bits per heavy atom. The van der Waals surface area contributed by atoms with Crippen LogP contribution in [0.5, 0.6) is 0 Å². The molecule has 1 heterocycles. The molecule has 6 heteroatoms. The summed E-state index contributed by atoms with van der Waals surface area (Å²) in [6.07, 6.45) is 1.56. The summed E-state index contributed by atoms with van der Waals surface area (Å²) in [5.41, 5.74) is 8.49. The van der Waals surface area contributed by atoms with Crippen LogP contribution in [0.25, 0.3) is 0 Å². The van der Waals surface area contributed by atoms with Crippen molar-refractivity contribution in [1.82, 2.24) is 4.31 Å². The van der Waals surface area contributed by atoms with Crippen molar-refractivity contribution < 1.29 is 12.8 Å². The predicted molar refractivity (Wildman–Crippen MR) is 82.4 cm³/mol. The number of benzene rings is 1. The highest BCUT2D eigenvalue weighted by Crippen LogP contribution is 2.26. The molecule has 1 aromatic carbocycles. The van der Waals surface area contributed by atoms with E-state index in [0.29, 0.717) is 21.7 Å². The third kappa shape index (κ3) is 2.96. The Morgan fingerprint density at radius 3 is 2.24 bits per heavy atom. The highest BCUT2D eigenvalue weighted by molar-refractivity contribution is 7.89. The van der Waals surface area contributed by atoms with E-state index in [1.807, 2.05) is 6.92 Å². The summed E-state index contributed by atoms with van der Waals surface area (Å²) in [6, 6.07) is 5.14. The average Bonchev–Trinajstić information content (AvgIpc) is 2.73. The van der Waals surface area contributed by atoms with Crippen LogP contribution in [-0.2, 0) is 16.6 Å². The zero-order chi connectivity index (χ0) is 15.8. The van der Waals surface area contributed by atoms with Crippen molar-refractivity contribution in [3.8, 4) is 0 Å². The Bertz CT molecular complexity index is 740. The van der Waals surface area contributed by atoms with E-state index in [0.717, 1.165) is 11.3 Å². The van der Waals surface area contributed by atoms with Crippen LogP contribution in [-0.4, -0.2) is 19.8 Å². The molecule has 0 saturated carbocycles. The quantitative estimate of drug-likeness (QED) is 0.881. The van der Waals surface area contributed by atoms with Crippen molar-refractivity contribution in [2.75, 3.05) is 12.8 Å². The zero-order valence-corrected chi connectivity index (χ0v) is 13.5. The molecule has 5 nitrogen and oxygen atoms in total. The number of nitrogens with zero attached hydrogens (tertiary/aromatic N) is 1. The first-order chi connectivity index (χ1) is 9.73. The van der Waals surface area contributed by atoms with Crippen LogP contribution in [0.3, 0.4) is 0 Å².